The Labute approximate surface area is 116 Å². The second-order valence-corrected chi connectivity index (χ2v) is 4.75. The van der Waals surface area contributed by atoms with Crippen LogP contribution in [0, 0.1) is 6.92 Å². The van der Waals surface area contributed by atoms with Gasteiger partial charge in [-0.05, 0) is 31.2 Å². The zero-order valence-electron chi connectivity index (χ0n) is 10.4. The first-order valence-electron chi connectivity index (χ1n) is 5.98. The van der Waals surface area contributed by atoms with Crippen molar-refractivity contribution < 1.29 is 0 Å². The van der Waals surface area contributed by atoms with E-state index in [0.29, 0.717) is 5.02 Å². The van der Waals surface area contributed by atoms with Crippen LogP contribution in [0.25, 0.3) is 10.9 Å². The number of hydrogen-bond donors (Lipinski definition) is 1. The number of nitrogens with zero attached hydrogens (tertiary/aromatic N) is 2. The Morgan fingerprint density at radius 1 is 1.00 bits per heavy atom. The van der Waals surface area contributed by atoms with Crippen molar-refractivity contribution in [1.29, 1.82) is 0 Å². The van der Waals surface area contributed by atoms with Crippen molar-refractivity contribution in [3.05, 3.63) is 59.2 Å². The lowest BCUT2D eigenvalue weighted by atomic mass is 10.1. The van der Waals surface area contributed by atoms with E-state index in [1.54, 1.807) is 0 Å². The molecule has 94 valence electrons. The summed E-state index contributed by atoms with van der Waals surface area (Å²) in [5, 5.41) is 13.5. The van der Waals surface area contributed by atoms with Gasteiger partial charge in [0, 0.05) is 16.1 Å². The molecule has 0 saturated heterocycles. The fraction of sp³-hybridized carbons (Fsp3) is 0.0667. The molecule has 4 heteroatoms. The van der Waals surface area contributed by atoms with E-state index in [1.807, 2.05) is 55.5 Å². The Kier molecular flexibility index (Phi) is 3.05. The van der Waals surface area contributed by atoms with E-state index in [2.05, 4.69) is 15.5 Å². The zero-order valence-corrected chi connectivity index (χ0v) is 11.1. The number of fused-ring (bicyclic) bond motifs is 1. The number of aromatic nitrogens is 2. The number of anilines is 2. The van der Waals surface area contributed by atoms with Crippen LogP contribution < -0.4 is 5.32 Å². The molecular weight excluding hydrogens is 258 g/mol. The summed E-state index contributed by atoms with van der Waals surface area (Å²) < 4.78 is 0. The van der Waals surface area contributed by atoms with Gasteiger partial charge < -0.3 is 5.32 Å². The van der Waals surface area contributed by atoms with Crippen LogP contribution in [-0.2, 0) is 0 Å². The molecule has 0 unspecified atom stereocenters. The van der Waals surface area contributed by atoms with Gasteiger partial charge in [0.1, 0.15) is 0 Å². The Hall–Kier alpha value is -2.13. The Bertz CT molecular complexity index is 740. The molecule has 3 rings (SSSR count). The van der Waals surface area contributed by atoms with Crippen molar-refractivity contribution in [2.24, 2.45) is 0 Å². The topological polar surface area (TPSA) is 37.8 Å². The van der Waals surface area contributed by atoms with E-state index in [1.165, 1.54) is 0 Å². The molecule has 0 amide bonds. The van der Waals surface area contributed by atoms with Crippen molar-refractivity contribution >= 4 is 33.9 Å². The normalized spacial score (nSPS) is 10.6. The summed E-state index contributed by atoms with van der Waals surface area (Å²) in [7, 11) is 0. The molecule has 1 N–H and O–H groups in total. The molecule has 1 aromatic heterocycles. The Morgan fingerprint density at radius 2 is 1.84 bits per heavy atom. The first-order chi connectivity index (χ1) is 9.24. The Morgan fingerprint density at radius 3 is 2.68 bits per heavy atom. The lowest BCUT2D eigenvalue weighted by molar-refractivity contribution is 1.02. The lowest BCUT2D eigenvalue weighted by Gasteiger charge is -2.11. The molecule has 1 heterocycles. The SMILES string of the molecule is Cc1nnc2ccccc2c1Nc1cccc(Cl)c1. The molecule has 0 radical (unpaired) electrons. The quantitative estimate of drug-likeness (QED) is 0.752. The summed E-state index contributed by atoms with van der Waals surface area (Å²) in [6.45, 7) is 1.94. The minimum atomic E-state index is 0.703. The van der Waals surface area contributed by atoms with Gasteiger partial charge in [-0.1, -0.05) is 35.9 Å². The number of benzene rings is 2. The molecule has 0 atom stereocenters. The molecule has 0 aliphatic heterocycles. The van der Waals surface area contributed by atoms with Gasteiger partial charge in [-0.25, -0.2) is 0 Å². The van der Waals surface area contributed by atoms with Crippen LogP contribution in [-0.4, -0.2) is 10.2 Å². The fourth-order valence-electron chi connectivity index (χ4n) is 2.01. The third-order valence-corrected chi connectivity index (χ3v) is 3.17. The third kappa shape index (κ3) is 2.37. The molecule has 0 aliphatic carbocycles. The highest BCUT2D eigenvalue weighted by atomic mass is 35.5. The average Bonchev–Trinajstić information content (AvgIpc) is 2.42. The standard InChI is InChI=1S/C15H12ClN3/c1-10-15(17-12-6-4-5-11(16)9-12)13-7-2-3-8-14(13)19-18-10/h2-9H,1H3,(H,17,19). The van der Waals surface area contributed by atoms with Crippen molar-refractivity contribution in [1.82, 2.24) is 10.2 Å². The number of rotatable bonds is 2. The van der Waals surface area contributed by atoms with Crippen LogP contribution in [0.4, 0.5) is 11.4 Å². The molecule has 3 nitrogen and oxygen atoms in total. The molecule has 0 aliphatic rings. The summed E-state index contributed by atoms with van der Waals surface area (Å²) in [6, 6.07) is 15.5. The summed E-state index contributed by atoms with van der Waals surface area (Å²) in [4.78, 5) is 0. The second kappa shape index (κ2) is 4.86. The molecule has 19 heavy (non-hydrogen) atoms. The predicted octanol–water partition coefficient (Wildman–Crippen LogP) is 4.34. The average molecular weight is 270 g/mol. The van der Waals surface area contributed by atoms with E-state index >= 15 is 0 Å². The van der Waals surface area contributed by atoms with Gasteiger partial charge in [0.2, 0.25) is 0 Å². The number of halogens is 1. The molecule has 0 spiro atoms. The highest BCUT2D eigenvalue weighted by Crippen LogP contribution is 2.28. The van der Waals surface area contributed by atoms with Gasteiger partial charge >= 0.3 is 0 Å². The van der Waals surface area contributed by atoms with Crippen LogP contribution in [0.15, 0.2) is 48.5 Å². The minimum absolute atomic E-state index is 0.703. The maximum absolute atomic E-state index is 6.00. The largest absolute Gasteiger partial charge is 0.353 e. The highest BCUT2D eigenvalue weighted by molar-refractivity contribution is 6.30. The van der Waals surface area contributed by atoms with Crippen molar-refractivity contribution in [3.63, 3.8) is 0 Å². The van der Waals surface area contributed by atoms with Crippen LogP contribution in [0.3, 0.4) is 0 Å². The smallest absolute Gasteiger partial charge is 0.0950 e. The van der Waals surface area contributed by atoms with E-state index in [4.69, 9.17) is 11.6 Å². The summed E-state index contributed by atoms with van der Waals surface area (Å²) in [6.07, 6.45) is 0. The molecule has 3 aromatic rings. The zero-order chi connectivity index (χ0) is 13.2. The third-order valence-electron chi connectivity index (χ3n) is 2.94. The summed E-state index contributed by atoms with van der Waals surface area (Å²) >= 11 is 6.00. The molecule has 0 bridgehead atoms. The van der Waals surface area contributed by atoms with Crippen molar-refractivity contribution in [2.75, 3.05) is 5.32 Å². The molecule has 0 saturated carbocycles. The van der Waals surface area contributed by atoms with Gasteiger partial charge in [0.05, 0.1) is 16.9 Å². The van der Waals surface area contributed by atoms with Crippen LogP contribution >= 0.6 is 11.6 Å². The van der Waals surface area contributed by atoms with Crippen LogP contribution in [0.1, 0.15) is 5.69 Å². The van der Waals surface area contributed by atoms with E-state index in [-0.39, 0.29) is 0 Å². The first kappa shape index (κ1) is 11.9. The van der Waals surface area contributed by atoms with Gasteiger partial charge in [-0.3, -0.25) is 0 Å². The van der Waals surface area contributed by atoms with Crippen LogP contribution in [0.5, 0.6) is 0 Å². The summed E-state index contributed by atoms with van der Waals surface area (Å²) in [5.41, 5.74) is 3.64. The van der Waals surface area contributed by atoms with E-state index in [0.717, 1.165) is 28.0 Å². The second-order valence-electron chi connectivity index (χ2n) is 4.31. The van der Waals surface area contributed by atoms with Gasteiger partial charge in [0.15, 0.2) is 0 Å². The predicted molar refractivity (Wildman–Crippen MR) is 79.0 cm³/mol. The maximum atomic E-state index is 6.00. The van der Waals surface area contributed by atoms with Gasteiger partial charge in [0.25, 0.3) is 0 Å². The van der Waals surface area contributed by atoms with Crippen LogP contribution in [0.2, 0.25) is 5.02 Å². The minimum Gasteiger partial charge on any atom is -0.353 e. The number of aryl methyl sites for hydroxylation is 1. The fourth-order valence-corrected chi connectivity index (χ4v) is 2.20. The van der Waals surface area contributed by atoms with Crippen molar-refractivity contribution in [3.8, 4) is 0 Å². The van der Waals surface area contributed by atoms with E-state index < -0.39 is 0 Å². The lowest BCUT2D eigenvalue weighted by Crippen LogP contribution is -1.98. The molecular formula is C15H12ClN3. The first-order valence-corrected chi connectivity index (χ1v) is 6.36. The summed E-state index contributed by atoms with van der Waals surface area (Å²) in [5.74, 6) is 0. The van der Waals surface area contributed by atoms with Gasteiger partial charge in [-0.2, -0.15) is 10.2 Å². The van der Waals surface area contributed by atoms with Crippen molar-refractivity contribution in [2.45, 2.75) is 6.92 Å². The molecule has 0 fully saturated rings. The molecule has 2 aromatic carbocycles. The maximum Gasteiger partial charge on any atom is 0.0950 e. The highest BCUT2D eigenvalue weighted by Gasteiger charge is 2.07. The monoisotopic (exact) mass is 269 g/mol. The Balaban J connectivity index is 2.12. The van der Waals surface area contributed by atoms with E-state index in [9.17, 15) is 0 Å². The van der Waals surface area contributed by atoms with Gasteiger partial charge in [-0.15, -0.1) is 0 Å². The number of hydrogen-bond acceptors (Lipinski definition) is 3. The number of nitrogens with one attached hydrogen (secondary N) is 1.